The summed E-state index contributed by atoms with van der Waals surface area (Å²) in [6.07, 6.45) is 2.75. The van der Waals surface area contributed by atoms with Crippen LogP contribution in [0, 0.1) is 0 Å². The molecule has 18 heavy (non-hydrogen) atoms. The maximum atomic E-state index is 3.63. The maximum Gasteiger partial charge on any atom is 0.0303 e. The maximum absolute atomic E-state index is 3.63. The van der Waals surface area contributed by atoms with Crippen LogP contribution in [0.25, 0.3) is 0 Å². The summed E-state index contributed by atoms with van der Waals surface area (Å²) < 4.78 is 1.19. The minimum Gasteiger partial charge on any atom is -0.309 e. The Kier molecular flexibility index (Phi) is 4.82. The van der Waals surface area contributed by atoms with Crippen LogP contribution in [-0.4, -0.2) is 30.6 Å². The lowest BCUT2D eigenvalue weighted by atomic mass is 10.1. The van der Waals surface area contributed by atoms with Crippen molar-refractivity contribution in [3.63, 3.8) is 0 Å². The van der Waals surface area contributed by atoms with Crippen molar-refractivity contribution in [2.45, 2.75) is 44.8 Å². The highest BCUT2D eigenvalue weighted by Crippen LogP contribution is 2.27. The lowest BCUT2D eigenvalue weighted by Crippen LogP contribution is -2.39. The predicted molar refractivity (Wildman–Crippen MR) is 80.8 cm³/mol. The van der Waals surface area contributed by atoms with Gasteiger partial charge in [0.2, 0.25) is 0 Å². The summed E-state index contributed by atoms with van der Waals surface area (Å²) in [5, 5.41) is 3.63. The van der Waals surface area contributed by atoms with Crippen molar-refractivity contribution in [3.05, 3.63) is 34.3 Å². The average molecular weight is 311 g/mol. The minimum atomic E-state index is 0.385. The van der Waals surface area contributed by atoms with Gasteiger partial charge in [0.05, 0.1) is 0 Å². The van der Waals surface area contributed by atoms with E-state index in [1.807, 2.05) is 0 Å². The van der Waals surface area contributed by atoms with E-state index in [-0.39, 0.29) is 0 Å². The number of rotatable bonds is 6. The highest BCUT2D eigenvalue weighted by Gasteiger charge is 2.29. The largest absolute Gasteiger partial charge is 0.309 e. The summed E-state index contributed by atoms with van der Waals surface area (Å²) in [5.74, 6) is 0. The van der Waals surface area contributed by atoms with E-state index in [1.54, 1.807) is 0 Å². The summed E-state index contributed by atoms with van der Waals surface area (Å²) in [6, 6.07) is 10.3. The van der Waals surface area contributed by atoms with Crippen LogP contribution < -0.4 is 5.32 Å². The van der Waals surface area contributed by atoms with Crippen molar-refractivity contribution in [2.75, 3.05) is 13.6 Å². The fraction of sp³-hybridized carbons (Fsp3) is 0.600. The summed E-state index contributed by atoms with van der Waals surface area (Å²) in [6.45, 7) is 5.57. The molecule has 0 radical (unpaired) electrons. The number of benzene rings is 1. The van der Waals surface area contributed by atoms with Crippen LogP contribution in [0.4, 0.5) is 0 Å². The first kappa shape index (κ1) is 14.0. The first-order valence-corrected chi connectivity index (χ1v) is 7.58. The van der Waals surface area contributed by atoms with E-state index in [9.17, 15) is 0 Å². The van der Waals surface area contributed by atoms with Gasteiger partial charge in [-0.3, -0.25) is 4.90 Å². The third-order valence-corrected chi connectivity index (χ3v) is 4.63. The molecule has 1 aromatic carbocycles. The topological polar surface area (TPSA) is 15.3 Å². The van der Waals surface area contributed by atoms with Crippen LogP contribution in [0.2, 0.25) is 0 Å². The van der Waals surface area contributed by atoms with E-state index < -0.39 is 0 Å². The molecule has 2 nitrogen and oxygen atoms in total. The predicted octanol–water partition coefficient (Wildman–Crippen LogP) is 3.58. The van der Waals surface area contributed by atoms with E-state index in [2.05, 4.69) is 71.3 Å². The molecule has 1 N–H and O–H groups in total. The van der Waals surface area contributed by atoms with E-state index in [0.717, 1.165) is 12.6 Å². The molecule has 3 heteroatoms. The molecule has 0 bridgehead atoms. The fourth-order valence-electron chi connectivity index (χ4n) is 2.27. The highest BCUT2D eigenvalue weighted by atomic mass is 79.9. The molecule has 1 saturated carbocycles. The minimum absolute atomic E-state index is 0.385. The summed E-state index contributed by atoms with van der Waals surface area (Å²) in [5.41, 5.74) is 1.33. The summed E-state index contributed by atoms with van der Waals surface area (Å²) >= 11 is 3.62. The first-order chi connectivity index (χ1) is 8.59. The van der Waals surface area contributed by atoms with Crippen LogP contribution in [0.3, 0.4) is 0 Å². The fourth-order valence-corrected chi connectivity index (χ4v) is 2.90. The first-order valence-electron chi connectivity index (χ1n) is 6.79. The van der Waals surface area contributed by atoms with Gasteiger partial charge in [0.15, 0.2) is 0 Å². The van der Waals surface area contributed by atoms with Gasteiger partial charge in [-0.25, -0.2) is 0 Å². The Morgan fingerprint density at radius 3 is 2.61 bits per heavy atom. The smallest absolute Gasteiger partial charge is 0.0303 e. The second-order valence-corrected chi connectivity index (χ2v) is 6.25. The molecule has 1 aliphatic carbocycles. The van der Waals surface area contributed by atoms with Crippen LogP contribution >= 0.6 is 15.9 Å². The van der Waals surface area contributed by atoms with E-state index in [4.69, 9.17) is 0 Å². The Morgan fingerprint density at radius 1 is 1.33 bits per heavy atom. The van der Waals surface area contributed by atoms with Crippen molar-refractivity contribution >= 4 is 15.9 Å². The number of nitrogens with zero attached hydrogens (tertiary/aromatic N) is 1. The number of halogens is 1. The van der Waals surface area contributed by atoms with Gasteiger partial charge in [-0.05, 0) is 45.4 Å². The number of hydrogen-bond acceptors (Lipinski definition) is 2. The van der Waals surface area contributed by atoms with Crippen molar-refractivity contribution < 1.29 is 0 Å². The molecule has 2 atom stereocenters. The normalized spacial score (nSPS) is 18.9. The Hall–Kier alpha value is -0.380. The molecule has 2 unspecified atom stereocenters. The average Bonchev–Trinajstić information content (AvgIpc) is 3.19. The van der Waals surface area contributed by atoms with Gasteiger partial charge in [0, 0.05) is 29.1 Å². The van der Waals surface area contributed by atoms with Gasteiger partial charge in [0.1, 0.15) is 0 Å². The molecule has 0 aliphatic heterocycles. The number of likely N-dealkylation sites (N-methyl/N-ethyl adjacent to an activating group) is 1. The lowest BCUT2D eigenvalue weighted by molar-refractivity contribution is 0.237. The third kappa shape index (κ3) is 3.56. The number of hydrogen-bond donors (Lipinski definition) is 1. The molecule has 100 valence electrons. The van der Waals surface area contributed by atoms with E-state index in [1.165, 1.54) is 22.9 Å². The van der Waals surface area contributed by atoms with Gasteiger partial charge in [-0.1, -0.05) is 34.1 Å². The van der Waals surface area contributed by atoms with E-state index in [0.29, 0.717) is 12.1 Å². The zero-order valence-corrected chi connectivity index (χ0v) is 13.1. The Balaban J connectivity index is 1.84. The molecule has 0 saturated heterocycles. The molecule has 0 amide bonds. The molecular formula is C15H23BrN2. The molecular weight excluding hydrogens is 288 g/mol. The zero-order chi connectivity index (χ0) is 13.1. The molecule has 2 rings (SSSR count). The van der Waals surface area contributed by atoms with Gasteiger partial charge in [0.25, 0.3) is 0 Å². The van der Waals surface area contributed by atoms with Gasteiger partial charge in [-0.15, -0.1) is 0 Å². The summed E-state index contributed by atoms with van der Waals surface area (Å²) in [7, 11) is 2.24. The monoisotopic (exact) mass is 310 g/mol. The van der Waals surface area contributed by atoms with Crippen molar-refractivity contribution in [1.82, 2.24) is 10.2 Å². The zero-order valence-electron chi connectivity index (χ0n) is 11.5. The lowest BCUT2D eigenvalue weighted by Gasteiger charge is -2.26. The van der Waals surface area contributed by atoms with Crippen molar-refractivity contribution in [3.8, 4) is 0 Å². The Bertz CT molecular complexity index is 390. The van der Waals surface area contributed by atoms with E-state index >= 15 is 0 Å². The molecule has 1 aliphatic rings. The molecule has 0 heterocycles. The molecule has 1 aromatic rings. The van der Waals surface area contributed by atoms with Gasteiger partial charge in [-0.2, -0.15) is 0 Å². The van der Waals surface area contributed by atoms with Crippen molar-refractivity contribution in [2.24, 2.45) is 0 Å². The second-order valence-electron chi connectivity index (χ2n) is 5.40. The number of nitrogens with one attached hydrogen (secondary N) is 1. The summed E-state index contributed by atoms with van der Waals surface area (Å²) in [4.78, 5) is 2.50. The van der Waals surface area contributed by atoms with Crippen LogP contribution in [0.5, 0.6) is 0 Å². The molecule has 1 fully saturated rings. The van der Waals surface area contributed by atoms with Crippen molar-refractivity contribution in [1.29, 1.82) is 0 Å². The third-order valence-electron chi connectivity index (χ3n) is 3.91. The van der Waals surface area contributed by atoms with Gasteiger partial charge < -0.3 is 5.32 Å². The Labute approximate surface area is 119 Å². The van der Waals surface area contributed by atoms with Crippen LogP contribution in [0.1, 0.15) is 38.3 Å². The van der Waals surface area contributed by atoms with Gasteiger partial charge >= 0.3 is 0 Å². The van der Waals surface area contributed by atoms with Crippen LogP contribution in [0.15, 0.2) is 28.7 Å². The quantitative estimate of drug-likeness (QED) is 0.864. The Morgan fingerprint density at radius 2 is 2.00 bits per heavy atom. The van der Waals surface area contributed by atoms with Crippen LogP contribution in [-0.2, 0) is 0 Å². The molecule has 0 spiro atoms. The standard InChI is InChI=1S/C15H23BrN2/c1-11(18(3)13-8-9-13)10-17-12(2)14-6-4-5-7-15(14)16/h4-7,11-13,17H,8-10H2,1-3H3. The second kappa shape index (κ2) is 6.18. The highest BCUT2D eigenvalue weighted by molar-refractivity contribution is 9.10. The molecule has 0 aromatic heterocycles. The SMILES string of the molecule is CC(NCC(C)N(C)C1CC1)c1ccccc1Br.